The predicted octanol–water partition coefficient (Wildman–Crippen LogP) is 2.72. The third-order valence-corrected chi connectivity index (χ3v) is 3.88. The van der Waals surface area contributed by atoms with Gasteiger partial charge in [0.1, 0.15) is 5.69 Å². The predicted molar refractivity (Wildman–Crippen MR) is 98.1 cm³/mol. The molecule has 0 atom stereocenters. The van der Waals surface area contributed by atoms with E-state index in [1.807, 2.05) is 27.7 Å². The molecule has 1 amide bonds. The lowest BCUT2D eigenvalue weighted by Gasteiger charge is -2.26. The Hall–Kier alpha value is -2.31. The second-order valence-corrected chi connectivity index (χ2v) is 7.28. The van der Waals surface area contributed by atoms with Crippen molar-refractivity contribution in [3.8, 4) is 0 Å². The Morgan fingerprint density at radius 2 is 1.54 bits per heavy atom. The van der Waals surface area contributed by atoms with Gasteiger partial charge in [0.2, 0.25) is 0 Å². The lowest BCUT2D eigenvalue weighted by Crippen LogP contribution is -2.39. The number of esters is 2. The van der Waals surface area contributed by atoms with Crippen molar-refractivity contribution in [2.45, 2.75) is 41.5 Å². The van der Waals surface area contributed by atoms with Crippen molar-refractivity contribution < 1.29 is 23.9 Å². The Labute approximate surface area is 155 Å². The molecule has 0 aliphatic heterocycles. The highest BCUT2D eigenvalue weighted by atomic mass is 16.5. The topological polar surface area (TPSA) is 88.7 Å². The van der Waals surface area contributed by atoms with Crippen LogP contribution in [0.2, 0.25) is 0 Å². The van der Waals surface area contributed by atoms with Gasteiger partial charge >= 0.3 is 11.9 Å². The number of H-pyrrole nitrogens is 1. The van der Waals surface area contributed by atoms with Crippen LogP contribution in [0.15, 0.2) is 0 Å². The first-order chi connectivity index (χ1) is 12.1. The van der Waals surface area contributed by atoms with Crippen LogP contribution >= 0.6 is 0 Å². The summed E-state index contributed by atoms with van der Waals surface area (Å²) in [4.78, 5) is 41.1. The summed E-state index contributed by atoms with van der Waals surface area (Å²) in [6, 6.07) is 0. The van der Waals surface area contributed by atoms with E-state index in [4.69, 9.17) is 9.47 Å². The minimum atomic E-state index is -0.664. The molecule has 7 nitrogen and oxygen atoms in total. The first-order valence-corrected chi connectivity index (χ1v) is 8.80. The van der Waals surface area contributed by atoms with Crippen LogP contribution in [0.25, 0.3) is 0 Å². The Kier molecular flexibility index (Phi) is 7.86. The van der Waals surface area contributed by atoms with Gasteiger partial charge < -0.3 is 19.4 Å². The molecule has 1 aromatic heterocycles. The molecule has 146 valence electrons. The fourth-order valence-corrected chi connectivity index (χ4v) is 2.81. The van der Waals surface area contributed by atoms with Gasteiger partial charge in [0.15, 0.2) is 6.61 Å². The lowest BCUT2D eigenvalue weighted by molar-refractivity contribution is -0.135. The van der Waals surface area contributed by atoms with E-state index in [9.17, 15) is 14.4 Å². The van der Waals surface area contributed by atoms with E-state index in [-0.39, 0.29) is 18.2 Å². The molecule has 1 aromatic rings. The number of aromatic nitrogens is 1. The van der Waals surface area contributed by atoms with Gasteiger partial charge in [0, 0.05) is 18.8 Å². The van der Waals surface area contributed by atoms with Crippen LogP contribution in [0.5, 0.6) is 0 Å². The minimum Gasteiger partial charge on any atom is -0.465 e. The van der Waals surface area contributed by atoms with E-state index in [1.54, 1.807) is 18.7 Å². The van der Waals surface area contributed by atoms with E-state index in [0.717, 1.165) is 0 Å². The quantitative estimate of drug-likeness (QED) is 0.715. The average Bonchev–Trinajstić information content (AvgIpc) is 2.84. The summed E-state index contributed by atoms with van der Waals surface area (Å²) in [7, 11) is 1.28. The van der Waals surface area contributed by atoms with Crippen molar-refractivity contribution in [3.63, 3.8) is 0 Å². The number of methoxy groups -OCH3 is 1. The molecule has 1 rings (SSSR count). The molecule has 0 fully saturated rings. The van der Waals surface area contributed by atoms with Gasteiger partial charge in [-0.1, -0.05) is 27.7 Å². The van der Waals surface area contributed by atoms with E-state index in [0.29, 0.717) is 41.7 Å². The molecule has 0 radical (unpaired) electrons. The van der Waals surface area contributed by atoms with Crippen LogP contribution < -0.4 is 0 Å². The number of aryl methyl sites for hydroxylation is 1. The zero-order valence-electron chi connectivity index (χ0n) is 16.8. The number of carbonyl (C=O) groups excluding carboxylic acids is 3. The molecule has 0 saturated carbocycles. The van der Waals surface area contributed by atoms with Crippen LogP contribution in [-0.4, -0.2) is 54.5 Å². The molecular formula is C19H30N2O5. The zero-order chi connectivity index (χ0) is 20.0. The van der Waals surface area contributed by atoms with Crippen molar-refractivity contribution in [1.82, 2.24) is 9.88 Å². The molecule has 0 unspecified atom stereocenters. The van der Waals surface area contributed by atoms with Gasteiger partial charge in [-0.15, -0.1) is 0 Å². The van der Waals surface area contributed by atoms with Crippen LogP contribution in [0.1, 0.15) is 59.8 Å². The summed E-state index contributed by atoms with van der Waals surface area (Å²) in [5.74, 6) is -0.766. The normalized spacial score (nSPS) is 11.0. The van der Waals surface area contributed by atoms with E-state index in [2.05, 4.69) is 4.98 Å². The Morgan fingerprint density at radius 1 is 1.00 bits per heavy atom. The third-order valence-electron chi connectivity index (χ3n) is 3.88. The number of amides is 1. The summed E-state index contributed by atoms with van der Waals surface area (Å²) < 4.78 is 9.91. The molecule has 0 spiro atoms. The van der Waals surface area contributed by atoms with Gasteiger partial charge in [-0.3, -0.25) is 4.79 Å². The number of nitrogens with one attached hydrogen (secondary N) is 1. The number of rotatable bonds is 8. The number of aromatic amines is 1. The molecule has 26 heavy (non-hydrogen) atoms. The monoisotopic (exact) mass is 366 g/mol. The van der Waals surface area contributed by atoms with Crippen LogP contribution in [0, 0.1) is 25.7 Å². The van der Waals surface area contributed by atoms with Crippen molar-refractivity contribution in [1.29, 1.82) is 0 Å². The second kappa shape index (κ2) is 9.40. The van der Waals surface area contributed by atoms with Crippen LogP contribution in [0.3, 0.4) is 0 Å². The van der Waals surface area contributed by atoms with Gasteiger partial charge in [-0.25, -0.2) is 9.59 Å². The van der Waals surface area contributed by atoms with Crippen molar-refractivity contribution in [2.24, 2.45) is 11.8 Å². The maximum atomic E-state index is 12.4. The summed E-state index contributed by atoms with van der Waals surface area (Å²) in [6.45, 7) is 12.3. The molecule has 7 heteroatoms. The summed E-state index contributed by atoms with van der Waals surface area (Å²) in [5, 5.41) is 0. The summed E-state index contributed by atoms with van der Waals surface area (Å²) >= 11 is 0. The molecule has 0 aromatic carbocycles. The number of ether oxygens (including phenoxy) is 2. The minimum absolute atomic E-state index is 0.162. The van der Waals surface area contributed by atoms with Gasteiger partial charge in [-0.05, 0) is 31.2 Å². The van der Waals surface area contributed by atoms with E-state index < -0.39 is 11.9 Å². The number of nitrogens with zero attached hydrogens (tertiary/aromatic N) is 1. The average molecular weight is 366 g/mol. The van der Waals surface area contributed by atoms with Crippen molar-refractivity contribution in [2.75, 3.05) is 26.8 Å². The summed E-state index contributed by atoms with van der Waals surface area (Å²) in [6.07, 6.45) is 0. The van der Waals surface area contributed by atoms with Gasteiger partial charge in [-0.2, -0.15) is 0 Å². The highest BCUT2D eigenvalue weighted by Crippen LogP contribution is 2.19. The molecule has 1 N–H and O–H groups in total. The third kappa shape index (κ3) is 5.61. The molecular weight excluding hydrogens is 336 g/mol. The number of hydrogen-bond acceptors (Lipinski definition) is 5. The molecule has 0 aliphatic carbocycles. The number of hydrogen-bond donors (Lipinski definition) is 1. The Bertz CT molecular complexity index is 651. The molecule has 0 bridgehead atoms. The number of carbonyl (C=O) groups is 3. The van der Waals surface area contributed by atoms with Gasteiger partial charge in [0.05, 0.1) is 12.7 Å². The first kappa shape index (κ1) is 21.7. The molecule has 0 saturated heterocycles. The fourth-order valence-electron chi connectivity index (χ4n) is 2.81. The van der Waals surface area contributed by atoms with Crippen molar-refractivity contribution >= 4 is 17.8 Å². The summed E-state index contributed by atoms with van der Waals surface area (Å²) in [5.41, 5.74) is 1.45. The van der Waals surface area contributed by atoms with Crippen molar-refractivity contribution in [3.05, 3.63) is 22.5 Å². The smallest absolute Gasteiger partial charge is 0.355 e. The van der Waals surface area contributed by atoms with Crippen LogP contribution in [0.4, 0.5) is 0 Å². The second-order valence-electron chi connectivity index (χ2n) is 7.28. The highest BCUT2D eigenvalue weighted by Gasteiger charge is 2.25. The Morgan fingerprint density at radius 3 is 2.00 bits per heavy atom. The maximum absolute atomic E-state index is 12.4. The molecule has 0 aliphatic rings. The first-order valence-electron chi connectivity index (χ1n) is 8.80. The van der Waals surface area contributed by atoms with E-state index in [1.165, 1.54) is 7.11 Å². The lowest BCUT2D eigenvalue weighted by atomic mass is 10.1. The largest absolute Gasteiger partial charge is 0.465 e. The standard InChI is InChI=1S/C19H30N2O5/c1-11(2)8-21(9-12(3)4)15(22)10-26-19(24)17-13(5)16(14(6)20-17)18(23)25-7/h11-12,20H,8-10H2,1-7H3. The zero-order valence-corrected chi connectivity index (χ0v) is 16.8. The van der Waals surface area contributed by atoms with Crippen LogP contribution in [-0.2, 0) is 14.3 Å². The Balaban J connectivity index is 2.82. The SMILES string of the molecule is COC(=O)c1c(C)[nH]c(C(=O)OCC(=O)N(CC(C)C)CC(C)C)c1C. The van der Waals surface area contributed by atoms with E-state index >= 15 is 0 Å². The highest BCUT2D eigenvalue weighted by molar-refractivity contribution is 5.99. The fraction of sp³-hybridized carbons (Fsp3) is 0.632. The molecule has 1 heterocycles. The van der Waals surface area contributed by atoms with Gasteiger partial charge in [0.25, 0.3) is 5.91 Å². The maximum Gasteiger partial charge on any atom is 0.355 e.